The van der Waals surface area contributed by atoms with Crippen molar-refractivity contribution in [3.8, 4) is 0 Å². The lowest BCUT2D eigenvalue weighted by molar-refractivity contribution is 0.490. The van der Waals surface area contributed by atoms with E-state index < -0.39 is 10.2 Å². The topological polar surface area (TPSA) is 62.1 Å². The second kappa shape index (κ2) is 5.62. The predicted molar refractivity (Wildman–Crippen MR) is 92.1 cm³/mol. The monoisotopic (exact) mass is 327 g/mol. The molecule has 1 aliphatic heterocycles. The van der Waals surface area contributed by atoms with E-state index in [-0.39, 0.29) is 0 Å². The molecule has 0 bridgehead atoms. The second-order valence-electron chi connectivity index (χ2n) is 5.53. The van der Waals surface area contributed by atoms with Crippen LogP contribution in [0.15, 0.2) is 58.0 Å². The van der Waals surface area contributed by atoms with Crippen LogP contribution in [0.4, 0.5) is 0 Å². The van der Waals surface area contributed by atoms with Crippen molar-refractivity contribution in [1.29, 1.82) is 0 Å². The van der Waals surface area contributed by atoms with Gasteiger partial charge in [-0.15, -0.1) is 4.40 Å². The van der Waals surface area contributed by atoms with Gasteiger partial charge < -0.3 is 0 Å². The first-order chi connectivity index (χ1) is 10.9. The van der Waals surface area contributed by atoms with E-state index in [1.165, 1.54) is 7.05 Å². The van der Waals surface area contributed by atoms with Crippen molar-refractivity contribution in [2.45, 2.75) is 13.8 Å². The zero-order valence-electron chi connectivity index (χ0n) is 13.2. The third kappa shape index (κ3) is 3.03. The summed E-state index contributed by atoms with van der Waals surface area (Å²) in [5.41, 5.74) is 4.69. The van der Waals surface area contributed by atoms with Gasteiger partial charge in [0, 0.05) is 18.2 Å². The van der Waals surface area contributed by atoms with E-state index in [9.17, 15) is 8.42 Å². The minimum Gasteiger partial charge on any atom is -0.179 e. The Bertz CT molecular complexity index is 896. The van der Waals surface area contributed by atoms with Gasteiger partial charge in [0.1, 0.15) is 11.4 Å². The van der Waals surface area contributed by atoms with Crippen molar-refractivity contribution in [1.82, 2.24) is 4.41 Å². The molecule has 0 aromatic heterocycles. The van der Waals surface area contributed by atoms with Gasteiger partial charge >= 0.3 is 10.2 Å². The van der Waals surface area contributed by atoms with Crippen molar-refractivity contribution in [3.63, 3.8) is 0 Å². The van der Waals surface area contributed by atoms with Crippen LogP contribution in [0.2, 0.25) is 0 Å². The molecular weight excluding hydrogens is 310 g/mol. The molecule has 0 aliphatic carbocycles. The Balaban J connectivity index is 2.17. The standard InChI is InChI=1S/C17H17N3O2S/c1-12-4-8-14(9-5-12)16-17(15-10-6-13(2)7-11-15)19-23(21,22)20(3)18-16/h4-11H,1-3H3. The van der Waals surface area contributed by atoms with Crippen LogP contribution in [-0.4, -0.2) is 31.3 Å². The Morgan fingerprint density at radius 1 is 0.783 bits per heavy atom. The van der Waals surface area contributed by atoms with E-state index in [1.807, 2.05) is 62.4 Å². The molecule has 2 aromatic carbocycles. The van der Waals surface area contributed by atoms with Gasteiger partial charge in [0.2, 0.25) is 0 Å². The number of nitrogens with zero attached hydrogens (tertiary/aromatic N) is 3. The highest BCUT2D eigenvalue weighted by Gasteiger charge is 2.27. The lowest BCUT2D eigenvalue weighted by Gasteiger charge is -2.21. The molecule has 2 aromatic rings. The van der Waals surface area contributed by atoms with Gasteiger partial charge in [-0.25, -0.2) is 0 Å². The molecule has 0 spiro atoms. The largest absolute Gasteiger partial charge is 0.359 e. The highest BCUT2D eigenvalue weighted by Crippen LogP contribution is 2.19. The highest BCUT2D eigenvalue weighted by atomic mass is 32.2. The molecule has 0 saturated carbocycles. The minimum absolute atomic E-state index is 0.368. The van der Waals surface area contributed by atoms with Crippen LogP contribution in [0.25, 0.3) is 0 Å². The molecule has 6 heteroatoms. The average molecular weight is 327 g/mol. The summed E-state index contributed by atoms with van der Waals surface area (Å²) in [5.74, 6) is 0. The van der Waals surface area contributed by atoms with Crippen LogP contribution >= 0.6 is 0 Å². The molecule has 0 saturated heterocycles. The third-order valence-corrected chi connectivity index (χ3v) is 4.82. The smallest absolute Gasteiger partial charge is 0.179 e. The van der Waals surface area contributed by atoms with Crippen molar-refractivity contribution < 1.29 is 8.42 Å². The molecule has 23 heavy (non-hydrogen) atoms. The van der Waals surface area contributed by atoms with Gasteiger partial charge in [-0.05, 0) is 13.8 Å². The summed E-state index contributed by atoms with van der Waals surface area (Å²) < 4.78 is 29.1. The van der Waals surface area contributed by atoms with Gasteiger partial charge in [0.25, 0.3) is 0 Å². The lowest BCUT2D eigenvalue weighted by Crippen LogP contribution is -2.32. The van der Waals surface area contributed by atoms with E-state index in [1.54, 1.807) is 0 Å². The number of hydrazone groups is 1. The molecule has 1 aliphatic rings. The summed E-state index contributed by atoms with van der Waals surface area (Å²) in [7, 11) is -2.40. The van der Waals surface area contributed by atoms with Gasteiger partial charge in [-0.1, -0.05) is 59.7 Å². The summed E-state index contributed by atoms with van der Waals surface area (Å²) in [4.78, 5) is 0. The maximum Gasteiger partial charge on any atom is 0.359 e. The fraction of sp³-hybridized carbons (Fsp3) is 0.176. The molecule has 118 valence electrons. The SMILES string of the molecule is Cc1ccc(C2=NN(C)S(=O)(=O)N=C2c2ccc(C)cc2)cc1. The molecule has 0 radical (unpaired) electrons. The number of aryl methyl sites for hydroxylation is 2. The number of hydrogen-bond acceptors (Lipinski definition) is 3. The molecule has 5 nitrogen and oxygen atoms in total. The summed E-state index contributed by atoms with van der Waals surface area (Å²) in [6.07, 6.45) is 0. The van der Waals surface area contributed by atoms with Gasteiger partial charge in [0.05, 0.1) is 0 Å². The second-order valence-corrected chi connectivity index (χ2v) is 7.14. The van der Waals surface area contributed by atoms with Gasteiger partial charge in [0.15, 0.2) is 0 Å². The van der Waals surface area contributed by atoms with Crippen molar-refractivity contribution in [2.24, 2.45) is 9.50 Å². The van der Waals surface area contributed by atoms with Crippen LogP contribution in [-0.2, 0) is 10.2 Å². The molecule has 0 amide bonds. The molecule has 0 N–H and O–H groups in total. The fourth-order valence-corrected chi connectivity index (χ4v) is 2.99. The number of rotatable bonds is 2. The summed E-state index contributed by atoms with van der Waals surface area (Å²) >= 11 is 0. The van der Waals surface area contributed by atoms with Crippen molar-refractivity contribution >= 4 is 21.6 Å². The number of hydrogen-bond donors (Lipinski definition) is 0. The van der Waals surface area contributed by atoms with Crippen molar-refractivity contribution in [3.05, 3.63) is 70.8 Å². The maximum absolute atomic E-state index is 12.1. The van der Waals surface area contributed by atoms with Gasteiger partial charge in [-0.3, -0.25) is 0 Å². The summed E-state index contributed by atoms with van der Waals surface area (Å²) in [6.45, 7) is 3.98. The van der Waals surface area contributed by atoms with Crippen LogP contribution in [0.1, 0.15) is 22.3 Å². The normalized spacial score (nSPS) is 16.7. The van der Waals surface area contributed by atoms with E-state index in [4.69, 9.17) is 0 Å². The zero-order chi connectivity index (χ0) is 16.6. The quantitative estimate of drug-likeness (QED) is 0.851. The molecule has 0 atom stereocenters. The highest BCUT2D eigenvalue weighted by molar-refractivity contribution is 7.88. The summed E-state index contributed by atoms with van der Waals surface area (Å²) in [6, 6.07) is 15.3. The third-order valence-electron chi connectivity index (χ3n) is 3.66. The Morgan fingerprint density at radius 3 is 1.70 bits per heavy atom. The Kier molecular flexibility index (Phi) is 3.77. The van der Waals surface area contributed by atoms with Crippen LogP contribution < -0.4 is 0 Å². The first kappa shape index (κ1) is 15.4. The Labute approximate surface area is 136 Å². The van der Waals surface area contributed by atoms with Crippen LogP contribution in [0, 0.1) is 13.8 Å². The van der Waals surface area contributed by atoms with Crippen LogP contribution in [0.3, 0.4) is 0 Å². The molecular formula is C17H17N3O2S. The molecule has 1 heterocycles. The Morgan fingerprint density at radius 2 is 1.22 bits per heavy atom. The first-order valence-corrected chi connectivity index (χ1v) is 8.58. The fourth-order valence-electron chi connectivity index (χ4n) is 2.26. The molecule has 0 fully saturated rings. The van der Waals surface area contributed by atoms with E-state index in [2.05, 4.69) is 9.50 Å². The van der Waals surface area contributed by atoms with Crippen LogP contribution in [0.5, 0.6) is 0 Å². The molecule has 0 unspecified atom stereocenters. The van der Waals surface area contributed by atoms with E-state index in [0.717, 1.165) is 26.7 Å². The maximum atomic E-state index is 12.1. The van der Waals surface area contributed by atoms with Crippen molar-refractivity contribution in [2.75, 3.05) is 7.05 Å². The summed E-state index contributed by atoms with van der Waals surface area (Å²) in [5, 5.41) is 4.25. The zero-order valence-corrected chi connectivity index (χ0v) is 14.0. The Hall–Kier alpha value is -2.47. The van der Waals surface area contributed by atoms with Gasteiger partial charge in [-0.2, -0.15) is 17.9 Å². The average Bonchev–Trinajstić information content (AvgIpc) is 2.51. The number of benzene rings is 2. The van der Waals surface area contributed by atoms with E-state index >= 15 is 0 Å². The minimum atomic E-state index is -3.78. The lowest BCUT2D eigenvalue weighted by atomic mass is 9.98. The first-order valence-electron chi connectivity index (χ1n) is 7.19. The van der Waals surface area contributed by atoms with E-state index in [0.29, 0.717) is 11.4 Å². The molecule has 3 rings (SSSR count). The predicted octanol–water partition coefficient (Wildman–Crippen LogP) is 2.69.